The van der Waals surface area contributed by atoms with Crippen LogP contribution in [0.4, 0.5) is 4.39 Å². The van der Waals surface area contributed by atoms with Crippen molar-refractivity contribution < 1.29 is 4.39 Å². The first-order valence-electron chi connectivity index (χ1n) is 5.07. The average molecular weight is 296 g/mol. The van der Waals surface area contributed by atoms with Crippen LogP contribution in [0.1, 0.15) is 23.0 Å². The first-order valence-corrected chi connectivity index (χ1v) is 5.86. The summed E-state index contributed by atoms with van der Waals surface area (Å²) in [5.41, 5.74) is 7.27. The van der Waals surface area contributed by atoms with Gasteiger partial charge in [-0.1, -0.05) is 15.9 Å². The number of rotatable bonds is 2. The Morgan fingerprint density at radius 3 is 2.59 bits per heavy atom. The maximum absolute atomic E-state index is 13.6. The molecule has 1 atom stereocenters. The van der Waals surface area contributed by atoms with Crippen LogP contribution in [0.15, 0.2) is 35.1 Å². The number of hydrogen-bond donors (Lipinski definition) is 1. The van der Waals surface area contributed by atoms with Crippen LogP contribution in [-0.4, -0.2) is 9.97 Å². The zero-order valence-electron chi connectivity index (χ0n) is 9.19. The molecule has 5 heteroatoms. The molecule has 0 fully saturated rings. The number of benzene rings is 1. The van der Waals surface area contributed by atoms with Gasteiger partial charge in [0.1, 0.15) is 11.6 Å². The lowest BCUT2D eigenvalue weighted by atomic mass is 10.1. The molecule has 0 saturated heterocycles. The SMILES string of the molecule is Cc1cnc(C(N)c2cc(Br)ccc2F)nc1. The molecule has 1 unspecified atom stereocenters. The maximum atomic E-state index is 13.6. The number of hydrogen-bond acceptors (Lipinski definition) is 3. The lowest BCUT2D eigenvalue weighted by Crippen LogP contribution is -2.16. The molecule has 0 aliphatic rings. The van der Waals surface area contributed by atoms with Crippen LogP contribution in [0.2, 0.25) is 0 Å². The van der Waals surface area contributed by atoms with Crippen LogP contribution < -0.4 is 5.73 Å². The van der Waals surface area contributed by atoms with E-state index in [0.717, 1.165) is 10.0 Å². The zero-order valence-corrected chi connectivity index (χ0v) is 10.8. The third-order valence-electron chi connectivity index (χ3n) is 2.37. The molecule has 0 bridgehead atoms. The third-order valence-corrected chi connectivity index (χ3v) is 2.87. The quantitative estimate of drug-likeness (QED) is 0.927. The van der Waals surface area contributed by atoms with E-state index in [-0.39, 0.29) is 5.82 Å². The molecular formula is C12H11BrFN3. The molecule has 0 radical (unpaired) electrons. The first kappa shape index (κ1) is 12.1. The van der Waals surface area contributed by atoms with Crippen LogP contribution in [0.3, 0.4) is 0 Å². The highest BCUT2D eigenvalue weighted by Gasteiger charge is 2.16. The second-order valence-electron chi connectivity index (χ2n) is 3.76. The van der Waals surface area contributed by atoms with E-state index in [1.54, 1.807) is 24.5 Å². The average Bonchev–Trinajstić information content (AvgIpc) is 2.32. The Balaban J connectivity index is 2.39. The smallest absolute Gasteiger partial charge is 0.149 e. The van der Waals surface area contributed by atoms with Gasteiger partial charge < -0.3 is 5.73 Å². The first-order chi connectivity index (χ1) is 8.08. The van der Waals surface area contributed by atoms with Gasteiger partial charge >= 0.3 is 0 Å². The van der Waals surface area contributed by atoms with Crippen molar-refractivity contribution in [3.63, 3.8) is 0 Å². The zero-order chi connectivity index (χ0) is 12.4. The molecule has 0 amide bonds. The van der Waals surface area contributed by atoms with Crippen LogP contribution in [0.25, 0.3) is 0 Å². The van der Waals surface area contributed by atoms with Gasteiger partial charge in [0, 0.05) is 22.4 Å². The van der Waals surface area contributed by atoms with Crippen molar-refractivity contribution in [3.05, 3.63) is 57.8 Å². The van der Waals surface area contributed by atoms with Crippen LogP contribution in [0, 0.1) is 12.7 Å². The summed E-state index contributed by atoms with van der Waals surface area (Å²) in [5, 5.41) is 0. The highest BCUT2D eigenvalue weighted by atomic mass is 79.9. The molecule has 2 N–H and O–H groups in total. The molecule has 17 heavy (non-hydrogen) atoms. The summed E-state index contributed by atoms with van der Waals surface area (Å²) < 4.78 is 14.4. The summed E-state index contributed by atoms with van der Waals surface area (Å²) in [6.45, 7) is 1.88. The van der Waals surface area contributed by atoms with Gasteiger partial charge in [-0.25, -0.2) is 14.4 Å². The molecule has 2 rings (SSSR count). The van der Waals surface area contributed by atoms with Crippen molar-refractivity contribution in [3.8, 4) is 0 Å². The van der Waals surface area contributed by atoms with E-state index in [1.807, 2.05) is 6.92 Å². The number of nitrogens with zero attached hydrogens (tertiary/aromatic N) is 2. The van der Waals surface area contributed by atoms with Crippen molar-refractivity contribution in [2.45, 2.75) is 13.0 Å². The summed E-state index contributed by atoms with van der Waals surface area (Å²) in [6, 6.07) is 3.98. The Hall–Kier alpha value is -1.33. The fraction of sp³-hybridized carbons (Fsp3) is 0.167. The Morgan fingerprint density at radius 2 is 1.94 bits per heavy atom. The standard InChI is InChI=1S/C12H11BrFN3/c1-7-5-16-12(17-6-7)11(15)9-4-8(13)2-3-10(9)14/h2-6,11H,15H2,1H3. The second-order valence-corrected chi connectivity index (χ2v) is 4.68. The van der Waals surface area contributed by atoms with E-state index in [4.69, 9.17) is 5.73 Å². The van der Waals surface area contributed by atoms with Gasteiger partial charge in [0.15, 0.2) is 0 Å². The van der Waals surface area contributed by atoms with Crippen molar-refractivity contribution >= 4 is 15.9 Å². The van der Waals surface area contributed by atoms with Crippen molar-refractivity contribution in [2.75, 3.05) is 0 Å². The molecular weight excluding hydrogens is 285 g/mol. The van der Waals surface area contributed by atoms with E-state index in [1.165, 1.54) is 6.07 Å². The van der Waals surface area contributed by atoms with E-state index < -0.39 is 6.04 Å². The summed E-state index contributed by atoms with van der Waals surface area (Å²) in [7, 11) is 0. The van der Waals surface area contributed by atoms with Crippen LogP contribution in [0.5, 0.6) is 0 Å². The molecule has 0 spiro atoms. The summed E-state index contributed by atoms with van der Waals surface area (Å²) in [4.78, 5) is 8.21. The van der Waals surface area contributed by atoms with Crippen LogP contribution >= 0.6 is 15.9 Å². The van der Waals surface area contributed by atoms with E-state index in [2.05, 4.69) is 25.9 Å². The van der Waals surface area contributed by atoms with E-state index >= 15 is 0 Å². The highest BCUT2D eigenvalue weighted by Crippen LogP contribution is 2.23. The number of halogens is 2. The highest BCUT2D eigenvalue weighted by molar-refractivity contribution is 9.10. The third kappa shape index (κ3) is 2.68. The molecule has 0 aliphatic carbocycles. The second kappa shape index (κ2) is 4.89. The van der Waals surface area contributed by atoms with E-state index in [0.29, 0.717) is 11.4 Å². The molecule has 88 valence electrons. The molecule has 3 nitrogen and oxygen atoms in total. The fourth-order valence-electron chi connectivity index (χ4n) is 1.46. The van der Waals surface area contributed by atoms with Gasteiger partial charge in [-0.05, 0) is 30.7 Å². The molecule has 2 aromatic rings. The predicted molar refractivity (Wildman–Crippen MR) is 66.9 cm³/mol. The van der Waals surface area contributed by atoms with Crippen molar-refractivity contribution in [2.24, 2.45) is 5.73 Å². The lowest BCUT2D eigenvalue weighted by molar-refractivity contribution is 0.593. The van der Waals surface area contributed by atoms with Gasteiger partial charge in [-0.2, -0.15) is 0 Å². The maximum Gasteiger partial charge on any atom is 0.149 e. The number of nitrogens with two attached hydrogens (primary N) is 1. The largest absolute Gasteiger partial charge is 0.318 e. The molecule has 0 aliphatic heterocycles. The Morgan fingerprint density at radius 1 is 1.29 bits per heavy atom. The lowest BCUT2D eigenvalue weighted by Gasteiger charge is -2.12. The molecule has 1 aromatic heterocycles. The van der Waals surface area contributed by atoms with Crippen molar-refractivity contribution in [1.82, 2.24) is 9.97 Å². The number of aryl methyl sites for hydroxylation is 1. The Labute approximate surface area is 107 Å². The number of aromatic nitrogens is 2. The van der Waals surface area contributed by atoms with Gasteiger partial charge in [0.25, 0.3) is 0 Å². The summed E-state index contributed by atoms with van der Waals surface area (Å²) in [5.74, 6) is 0.0532. The van der Waals surface area contributed by atoms with E-state index in [9.17, 15) is 4.39 Å². The Kier molecular flexibility index (Phi) is 3.49. The molecule has 0 saturated carbocycles. The van der Waals surface area contributed by atoms with Crippen LogP contribution in [-0.2, 0) is 0 Å². The fourth-order valence-corrected chi connectivity index (χ4v) is 1.83. The van der Waals surface area contributed by atoms with Gasteiger partial charge in [-0.15, -0.1) is 0 Å². The predicted octanol–water partition coefficient (Wildman–Crippen LogP) is 2.73. The van der Waals surface area contributed by atoms with Gasteiger partial charge in [-0.3, -0.25) is 0 Å². The monoisotopic (exact) mass is 295 g/mol. The molecule has 1 heterocycles. The minimum atomic E-state index is -0.659. The minimum Gasteiger partial charge on any atom is -0.318 e. The normalized spacial score (nSPS) is 12.5. The summed E-state index contributed by atoms with van der Waals surface area (Å²) >= 11 is 3.29. The molecule has 1 aromatic carbocycles. The van der Waals surface area contributed by atoms with Gasteiger partial charge in [0.2, 0.25) is 0 Å². The summed E-state index contributed by atoms with van der Waals surface area (Å²) in [6.07, 6.45) is 3.33. The van der Waals surface area contributed by atoms with Gasteiger partial charge in [0.05, 0.1) is 6.04 Å². The minimum absolute atomic E-state index is 0.357. The Bertz CT molecular complexity index is 528. The van der Waals surface area contributed by atoms with Crippen molar-refractivity contribution in [1.29, 1.82) is 0 Å². The topological polar surface area (TPSA) is 51.8 Å².